The number of aliphatic imine (C=N–C) groups is 1. The Bertz CT molecular complexity index is 741. The van der Waals surface area contributed by atoms with Crippen molar-refractivity contribution < 1.29 is 0 Å². The first-order valence-electron chi connectivity index (χ1n) is 6.23. The zero-order valence-corrected chi connectivity index (χ0v) is 12.8. The Morgan fingerprint density at radius 2 is 2.10 bits per heavy atom. The molecular weight excluding hydrogens is 311 g/mol. The number of benzene rings is 1. The molecule has 0 atom stereocenters. The van der Waals surface area contributed by atoms with Crippen LogP contribution in [-0.2, 0) is 12.8 Å². The van der Waals surface area contributed by atoms with Gasteiger partial charge in [0.25, 0.3) is 0 Å². The summed E-state index contributed by atoms with van der Waals surface area (Å²) < 4.78 is 0. The summed E-state index contributed by atoms with van der Waals surface area (Å²) >= 11 is 13.5. The Morgan fingerprint density at radius 1 is 1.25 bits per heavy atom. The molecule has 0 bridgehead atoms. The SMILES string of the molecule is N#Cc1c(/N=C/c2ccc(Cl)c(Cl)c2)sc2c1CCC2. The molecule has 1 aromatic carbocycles. The van der Waals surface area contributed by atoms with Crippen LogP contribution in [0.5, 0.6) is 0 Å². The zero-order chi connectivity index (χ0) is 14.1. The quantitative estimate of drug-likeness (QED) is 0.703. The lowest BCUT2D eigenvalue weighted by atomic mass is 10.1. The maximum Gasteiger partial charge on any atom is 0.134 e. The van der Waals surface area contributed by atoms with E-state index in [1.807, 2.05) is 6.07 Å². The third-order valence-electron chi connectivity index (χ3n) is 3.29. The first kappa shape index (κ1) is 13.6. The number of thiophene rings is 1. The number of nitrogens with zero attached hydrogens (tertiary/aromatic N) is 2. The highest BCUT2D eigenvalue weighted by Crippen LogP contribution is 2.40. The molecule has 1 aliphatic rings. The number of hydrogen-bond donors (Lipinski definition) is 0. The molecule has 2 nitrogen and oxygen atoms in total. The van der Waals surface area contributed by atoms with E-state index in [9.17, 15) is 5.26 Å². The van der Waals surface area contributed by atoms with Crippen LogP contribution in [0.3, 0.4) is 0 Å². The van der Waals surface area contributed by atoms with E-state index in [1.54, 1.807) is 29.7 Å². The Morgan fingerprint density at radius 3 is 2.85 bits per heavy atom. The first-order valence-corrected chi connectivity index (χ1v) is 7.80. The van der Waals surface area contributed by atoms with Crippen molar-refractivity contribution in [3.63, 3.8) is 0 Å². The second kappa shape index (κ2) is 5.57. The molecule has 0 saturated heterocycles. The third-order valence-corrected chi connectivity index (χ3v) is 5.23. The van der Waals surface area contributed by atoms with Crippen LogP contribution < -0.4 is 0 Å². The second-order valence-corrected chi connectivity index (χ2v) is 6.48. The highest BCUT2D eigenvalue weighted by Gasteiger charge is 2.21. The summed E-state index contributed by atoms with van der Waals surface area (Å²) in [5.41, 5.74) is 2.80. The van der Waals surface area contributed by atoms with Gasteiger partial charge in [0, 0.05) is 11.1 Å². The van der Waals surface area contributed by atoms with Crippen molar-refractivity contribution in [1.29, 1.82) is 5.26 Å². The minimum Gasteiger partial charge on any atom is -0.244 e. The van der Waals surface area contributed by atoms with Gasteiger partial charge in [-0.1, -0.05) is 29.3 Å². The minimum absolute atomic E-state index is 0.504. The predicted octanol–water partition coefficient (Wildman–Crippen LogP) is 5.17. The van der Waals surface area contributed by atoms with E-state index in [2.05, 4.69) is 11.1 Å². The van der Waals surface area contributed by atoms with Gasteiger partial charge in [-0.25, -0.2) is 4.99 Å². The number of halogens is 2. The highest BCUT2D eigenvalue weighted by molar-refractivity contribution is 7.16. The normalized spacial score (nSPS) is 13.7. The molecule has 0 saturated carbocycles. The summed E-state index contributed by atoms with van der Waals surface area (Å²) in [7, 11) is 0. The van der Waals surface area contributed by atoms with Gasteiger partial charge in [0.2, 0.25) is 0 Å². The smallest absolute Gasteiger partial charge is 0.134 e. The Balaban J connectivity index is 1.93. The van der Waals surface area contributed by atoms with Crippen LogP contribution in [0.1, 0.15) is 28.0 Å². The molecule has 0 amide bonds. The fraction of sp³-hybridized carbons (Fsp3) is 0.200. The number of aryl methyl sites for hydroxylation is 1. The van der Waals surface area contributed by atoms with Crippen LogP contribution in [0.25, 0.3) is 0 Å². The van der Waals surface area contributed by atoms with Crippen molar-refractivity contribution in [2.75, 3.05) is 0 Å². The molecule has 2 aromatic rings. The van der Waals surface area contributed by atoms with E-state index in [0.717, 1.165) is 35.4 Å². The molecule has 1 aliphatic carbocycles. The standard InChI is InChI=1S/C15H10Cl2N2S/c16-12-5-4-9(6-13(12)17)8-19-15-11(7-18)10-2-1-3-14(10)20-15/h4-6,8H,1-3H2/b19-8+. The van der Waals surface area contributed by atoms with Gasteiger partial charge in [0.05, 0.1) is 15.6 Å². The van der Waals surface area contributed by atoms with Crippen LogP contribution in [0.2, 0.25) is 10.0 Å². The summed E-state index contributed by atoms with van der Waals surface area (Å²) in [5.74, 6) is 0. The summed E-state index contributed by atoms with van der Waals surface area (Å²) in [4.78, 5) is 5.76. The summed E-state index contributed by atoms with van der Waals surface area (Å²) in [6.07, 6.45) is 4.94. The van der Waals surface area contributed by atoms with Crippen molar-refractivity contribution >= 4 is 45.8 Å². The Labute approximate surface area is 131 Å². The molecule has 0 spiro atoms. The van der Waals surface area contributed by atoms with Crippen LogP contribution in [0.15, 0.2) is 23.2 Å². The van der Waals surface area contributed by atoms with Gasteiger partial charge in [0.15, 0.2) is 0 Å². The maximum atomic E-state index is 9.29. The first-order chi connectivity index (χ1) is 9.69. The fourth-order valence-electron chi connectivity index (χ4n) is 2.32. The molecule has 0 fully saturated rings. The largest absolute Gasteiger partial charge is 0.244 e. The summed E-state index contributed by atoms with van der Waals surface area (Å²) in [6.45, 7) is 0. The number of rotatable bonds is 2. The van der Waals surface area contributed by atoms with E-state index in [1.165, 1.54) is 10.4 Å². The molecule has 0 aliphatic heterocycles. The molecule has 1 aromatic heterocycles. The van der Waals surface area contributed by atoms with Crippen molar-refractivity contribution in [1.82, 2.24) is 0 Å². The number of nitriles is 1. The lowest BCUT2D eigenvalue weighted by Gasteiger charge is -1.97. The fourth-order valence-corrected chi connectivity index (χ4v) is 3.81. The van der Waals surface area contributed by atoms with Crippen molar-refractivity contribution in [3.8, 4) is 6.07 Å². The summed E-state index contributed by atoms with van der Waals surface area (Å²) in [6, 6.07) is 7.64. The molecule has 100 valence electrons. The van der Waals surface area contributed by atoms with E-state index in [-0.39, 0.29) is 0 Å². The lowest BCUT2D eigenvalue weighted by Crippen LogP contribution is -1.82. The minimum atomic E-state index is 0.504. The van der Waals surface area contributed by atoms with Gasteiger partial charge < -0.3 is 0 Å². The maximum absolute atomic E-state index is 9.29. The second-order valence-electron chi connectivity index (χ2n) is 4.58. The van der Waals surface area contributed by atoms with Crippen LogP contribution in [-0.4, -0.2) is 6.21 Å². The number of hydrogen-bond acceptors (Lipinski definition) is 3. The van der Waals surface area contributed by atoms with Gasteiger partial charge in [-0.15, -0.1) is 11.3 Å². The molecule has 1 heterocycles. The van der Waals surface area contributed by atoms with Gasteiger partial charge >= 0.3 is 0 Å². The van der Waals surface area contributed by atoms with Gasteiger partial charge in [-0.05, 0) is 42.5 Å². The van der Waals surface area contributed by atoms with Crippen LogP contribution in [0, 0.1) is 11.3 Å². The van der Waals surface area contributed by atoms with Gasteiger partial charge in [-0.2, -0.15) is 5.26 Å². The topological polar surface area (TPSA) is 36.1 Å². The van der Waals surface area contributed by atoms with E-state index < -0.39 is 0 Å². The molecule has 3 rings (SSSR count). The molecule has 0 unspecified atom stereocenters. The Hall–Kier alpha value is -1.34. The molecule has 0 radical (unpaired) electrons. The van der Waals surface area contributed by atoms with E-state index in [0.29, 0.717) is 10.0 Å². The van der Waals surface area contributed by atoms with Crippen LogP contribution >= 0.6 is 34.5 Å². The van der Waals surface area contributed by atoms with Gasteiger partial charge in [-0.3, -0.25) is 0 Å². The van der Waals surface area contributed by atoms with Crippen LogP contribution in [0.4, 0.5) is 5.00 Å². The van der Waals surface area contributed by atoms with E-state index >= 15 is 0 Å². The lowest BCUT2D eigenvalue weighted by molar-refractivity contribution is 0.913. The van der Waals surface area contributed by atoms with Crippen molar-refractivity contribution in [3.05, 3.63) is 49.8 Å². The highest BCUT2D eigenvalue weighted by atomic mass is 35.5. The van der Waals surface area contributed by atoms with Crippen molar-refractivity contribution in [2.45, 2.75) is 19.3 Å². The van der Waals surface area contributed by atoms with Crippen molar-refractivity contribution in [2.24, 2.45) is 4.99 Å². The van der Waals surface area contributed by atoms with Gasteiger partial charge in [0.1, 0.15) is 11.1 Å². The molecule has 20 heavy (non-hydrogen) atoms. The Kier molecular flexibility index (Phi) is 3.80. The molecule has 0 N–H and O–H groups in total. The average molecular weight is 321 g/mol. The number of fused-ring (bicyclic) bond motifs is 1. The summed E-state index contributed by atoms with van der Waals surface area (Å²) in [5, 5.41) is 11.1. The average Bonchev–Trinajstić information content (AvgIpc) is 3.00. The zero-order valence-electron chi connectivity index (χ0n) is 10.5. The predicted molar refractivity (Wildman–Crippen MR) is 84.8 cm³/mol. The van der Waals surface area contributed by atoms with E-state index in [4.69, 9.17) is 23.2 Å². The third kappa shape index (κ3) is 2.47. The molecule has 5 heteroatoms. The molecular formula is C15H10Cl2N2S. The monoisotopic (exact) mass is 320 g/mol.